The van der Waals surface area contributed by atoms with Gasteiger partial charge in [-0.1, -0.05) is 30.3 Å². The lowest BCUT2D eigenvalue weighted by atomic mass is 10.2. The fourth-order valence-electron chi connectivity index (χ4n) is 2.96. The number of aromatic nitrogens is 2. The number of para-hydroxylation sites is 3. The van der Waals surface area contributed by atoms with Crippen molar-refractivity contribution in [3.63, 3.8) is 0 Å². The average molecular weight is 333 g/mol. The van der Waals surface area contributed by atoms with Crippen LogP contribution >= 0.6 is 0 Å². The van der Waals surface area contributed by atoms with Gasteiger partial charge in [0.25, 0.3) is 0 Å². The van der Waals surface area contributed by atoms with Crippen molar-refractivity contribution in [1.29, 1.82) is 0 Å². The molecular formula is C20H19N3O2. The van der Waals surface area contributed by atoms with E-state index in [-0.39, 0.29) is 11.9 Å². The highest BCUT2D eigenvalue weighted by atomic mass is 16.3. The van der Waals surface area contributed by atoms with Crippen LogP contribution in [0.4, 0.5) is 0 Å². The normalized spacial score (nSPS) is 12.5. The van der Waals surface area contributed by atoms with Gasteiger partial charge in [0.2, 0.25) is 5.91 Å². The lowest BCUT2D eigenvalue weighted by Crippen LogP contribution is -2.26. The second-order valence-electron chi connectivity index (χ2n) is 6.18. The number of fused-ring (bicyclic) bond motifs is 2. The highest BCUT2D eigenvalue weighted by Crippen LogP contribution is 2.23. The number of imidazole rings is 1. The van der Waals surface area contributed by atoms with Gasteiger partial charge in [-0.3, -0.25) is 4.79 Å². The second kappa shape index (κ2) is 6.43. The zero-order chi connectivity index (χ0) is 17.2. The minimum Gasteiger partial charge on any atom is -0.459 e. The number of carbonyl (C=O) groups is 1. The summed E-state index contributed by atoms with van der Waals surface area (Å²) < 4.78 is 5.80. The van der Waals surface area contributed by atoms with Gasteiger partial charge < -0.3 is 14.7 Å². The van der Waals surface area contributed by atoms with E-state index in [9.17, 15) is 4.79 Å². The van der Waals surface area contributed by atoms with Gasteiger partial charge in [0.15, 0.2) is 0 Å². The summed E-state index contributed by atoms with van der Waals surface area (Å²) in [5, 5.41) is 4.03. The molecule has 1 amide bonds. The lowest BCUT2D eigenvalue weighted by Gasteiger charge is -2.10. The maximum Gasteiger partial charge on any atom is 0.221 e. The molecule has 0 saturated carbocycles. The van der Waals surface area contributed by atoms with E-state index in [1.165, 1.54) is 0 Å². The molecule has 5 nitrogen and oxygen atoms in total. The molecule has 2 N–H and O–H groups in total. The summed E-state index contributed by atoms with van der Waals surface area (Å²) >= 11 is 0. The van der Waals surface area contributed by atoms with Crippen molar-refractivity contribution in [3.05, 3.63) is 66.2 Å². The Kier molecular flexibility index (Phi) is 3.98. The summed E-state index contributed by atoms with van der Waals surface area (Å²) in [6.07, 6.45) is 0.956. The first-order valence-corrected chi connectivity index (χ1v) is 8.40. The summed E-state index contributed by atoms with van der Waals surface area (Å²) in [5.74, 6) is 1.57. The molecule has 4 rings (SSSR count). The van der Waals surface area contributed by atoms with Crippen molar-refractivity contribution < 1.29 is 9.21 Å². The third kappa shape index (κ3) is 3.26. The molecule has 2 aromatic heterocycles. The largest absolute Gasteiger partial charge is 0.459 e. The summed E-state index contributed by atoms with van der Waals surface area (Å²) in [7, 11) is 0. The number of hydrogen-bond donors (Lipinski definition) is 2. The van der Waals surface area contributed by atoms with E-state index in [2.05, 4.69) is 15.3 Å². The first kappa shape index (κ1) is 15.4. The van der Waals surface area contributed by atoms with Gasteiger partial charge in [0, 0.05) is 18.2 Å². The molecule has 0 radical (unpaired) electrons. The predicted molar refractivity (Wildman–Crippen MR) is 97.2 cm³/mol. The molecular weight excluding hydrogens is 314 g/mol. The van der Waals surface area contributed by atoms with Crippen LogP contribution in [-0.4, -0.2) is 15.9 Å². The fourth-order valence-corrected chi connectivity index (χ4v) is 2.96. The van der Waals surface area contributed by atoms with Crippen molar-refractivity contribution in [2.24, 2.45) is 0 Å². The van der Waals surface area contributed by atoms with E-state index in [1.54, 1.807) is 0 Å². The number of nitrogens with one attached hydrogen (secondary N) is 2. The number of rotatable bonds is 5. The summed E-state index contributed by atoms with van der Waals surface area (Å²) in [6.45, 7) is 1.93. The minimum atomic E-state index is -0.171. The van der Waals surface area contributed by atoms with E-state index in [0.29, 0.717) is 12.8 Å². The highest BCUT2D eigenvalue weighted by Gasteiger charge is 2.14. The van der Waals surface area contributed by atoms with Crippen LogP contribution in [0.15, 0.2) is 59.0 Å². The Balaban J connectivity index is 1.37. The monoisotopic (exact) mass is 333 g/mol. The summed E-state index contributed by atoms with van der Waals surface area (Å²) in [6, 6.07) is 17.5. The Morgan fingerprint density at radius 3 is 2.84 bits per heavy atom. The number of aromatic amines is 1. The Bertz CT molecular complexity index is 965. The molecule has 4 aromatic rings. The SMILES string of the molecule is CC(NC(=O)CCc1nc2ccccc2[nH]1)c1cc2ccccc2o1. The van der Waals surface area contributed by atoms with Crippen LogP contribution in [0.3, 0.4) is 0 Å². The number of aryl methyl sites for hydroxylation is 1. The molecule has 0 aliphatic heterocycles. The van der Waals surface area contributed by atoms with Crippen molar-refractivity contribution in [3.8, 4) is 0 Å². The van der Waals surface area contributed by atoms with E-state index in [0.717, 1.165) is 33.6 Å². The third-order valence-electron chi connectivity index (χ3n) is 4.28. The maximum absolute atomic E-state index is 12.2. The van der Waals surface area contributed by atoms with Crippen LogP contribution in [0.5, 0.6) is 0 Å². The zero-order valence-corrected chi connectivity index (χ0v) is 14.0. The van der Waals surface area contributed by atoms with Crippen LogP contribution in [0.1, 0.15) is 31.0 Å². The highest BCUT2D eigenvalue weighted by molar-refractivity contribution is 5.79. The van der Waals surface area contributed by atoms with Crippen molar-refractivity contribution in [2.45, 2.75) is 25.8 Å². The smallest absolute Gasteiger partial charge is 0.221 e. The molecule has 2 aromatic carbocycles. The number of nitrogens with zero attached hydrogens (tertiary/aromatic N) is 1. The van der Waals surface area contributed by atoms with E-state index in [1.807, 2.05) is 61.5 Å². The van der Waals surface area contributed by atoms with Crippen LogP contribution in [0.2, 0.25) is 0 Å². The molecule has 126 valence electrons. The number of amides is 1. The van der Waals surface area contributed by atoms with Crippen LogP contribution in [-0.2, 0) is 11.2 Å². The van der Waals surface area contributed by atoms with Crippen LogP contribution in [0.25, 0.3) is 22.0 Å². The number of furan rings is 1. The lowest BCUT2D eigenvalue weighted by molar-refractivity contribution is -0.121. The first-order chi connectivity index (χ1) is 12.2. The van der Waals surface area contributed by atoms with E-state index >= 15 is 0 Å². The predicted octanol–water partition coefficient (Wildman–Crippen LogP) is 4.12. The second-order valence-corrected chi connectivity index (χ2v) is 6.18. The molecule has 5 heteroatoms. The van der Waals surface area contributed by atoms with Gasteiger partial charge in [-0.15, -0.1) is 0 Å². The molecule has 2 heterocycles. The van der Waals surface area contributed by atoms with E-state index < -0.39 is 0 Å². The number of carbonyl (C=O) groups excluding carboxylic acids is 1. The molecule has 0 saturated heterocycles. The quantitative estimate of drug-likeness (QED) is 0.577. The fraction of sp³-hybridized carbons (Fsp3) is 0.200. The molecule has 0 aliphatic carbocycles. The first-order valence-electron chi connectivity index (χ1n) is 8.40. The van der Waals surface area contributed by atoms with Gasteiger partial charge >= 0.3 is 0 Å². The van der Waals surface area contributed by atoms with Gasteiger partial charge in [-0.2, -0.15) is 0 Å². The molecule has 0 aliphatic rings. The van der Waals surface area contributed by atoms with Crippen LogP contribution < -0.4 is 5.32 Å². The topological polar surface area (TPSA) is 70.9 Å². The standard InChI is InChI=1S/C20H19N3O2/c1-13(18-12-14-6-2-5-9-17(14)25-18)21-20(24)11-10-19-22-15-7-3-4-8-16(15)23-19/h2-9,12-13H,10-11H2,1H3,(H,21,24)(H,22,23). The molecule has 0 bridgehead atoms. The Labute approximate surface area is 145 Å². The molecule has 0 spiro atoms. The van der Waals surface area contributed by atoms with Gasteiger partial charge in [-0.05, 0) is 31.2 Å². The molecule has 0 fully saturated rings. The maximum atomic E-state index is 12.2. The Morgan fingerprint density at radius 1 is 1.20 bits per heavy atom. The van der Waals surface area contributed by atoms with Crippen molar-refractivity contribution in [1.82, 2.24) is 15.3 Å². The third-order valence-corrected chi connectivity index (χ3v) is 4.28. The van der Waals surface area contributed by atoms with Crippen molar-refractivity contribution >= 4 is 27.9 Å². The number of H-pyrrole nitrogens is 1. The summed E-state index contributed by atoms with van der Waals surface area (Å²) in [5.41, 5.74) is 2.75. The minimum absolute atomic E-state index is 0.0200. The Hall–Kier alpha value is -3.08. The van der Waals surface area contributed by atoms with Crippen LogP contribution in [0, 0.1) is 0 Å². The van der Waals surface area contributed by atoms with Gasteiger partial charge in [0.1, 0.15) is 17.2 Å². The van der Waals surface area contributed by atoms with E-state index in [4.69, 9.17) is 4.42 Å². The number of hydrogen-bond acceptors (Lipinski definition) is 3. The van der Waals surface area contributed by atoms with Crippen molar-refractivity contribution in [2.75, 3.05) is 0 Å². The number of benzene rings is 2. The molecule has 25 heavy (non-hydrogen) atoms. The average Bonchev–Trinajstić information content (AvgIpc) is 3.23. The van der Waals surface area contributed by atoms with Gasteiger partial charge in [-0.25, -0.2) is 4.98 Å². The zero-order valence-electron chi connectivity index (χ0n) is 14.0. The molecule has 1 unspecified atom stereocenters. The van der Waals surface area contributed by atoms with Gasteiger partial charge in [0.05, 0.1) is 17.1 Å². The summed E-state index contributed by atoms with van der Waals surface area (Å²) in [4.78, 5) is 20.0. The molecule has 1 atom stereocenters. The Morgan fingerprint density at radius 2 is 2.00 bits per heavy atom.